The van der Waals surface area contributed by atoms with E-state index in [1.807, 2.05) is 6.08 Å². The lowest BCUT2D eigenvalue weighted by atomic mass is 9.99. The second-order valence-corrected chi connectivity index (χ2v) is 20.1. The largest absolute Gasteiger partial charge is 0.394 e. The first-order valence-corrected chi connectivity index (χ1v) is 28.9. The molecule has 1 aliphatic heterocycles. The van der Waals surface area contributed by atoms with Gasteiger partial charge in [0.1, 0.15) is 24.4 Å². The van der Waals surface area contributed by atoms with Gasteiger partial charge in [0.05, 0.1) is 25.4 Å². The smallest absolute Gasteiger partial charge is 0.220 e. The number of aliphatic hydroxyl groups is 5. The zero-order valence-corrected chi connectivity index (χ0v) is 44.1. The fourth-order valence-electron chi connectivity index (χ4n) is 9.05. The maximum absolute atomic E-state index is 13.1. The van der Waals surface area contributed by atoms with Gasteiger partial charge in [0.2, 0.25) is 5.91 Å². The van der Waals surface area contributed by atoms with Crippen LogP contribution in [0.5, 0.6) is 0 Å². The molecule has 0 aliphatic carbocycles. The molecular formula is C59H109NO8. The Balaban J connectivity index is 2.22. The maximum atomic E-state index is 13.1. The van der Waals surface area contributed by atoms with Gasteiger partial charge in [-0.1, -0.05) is 249 Å². The summed E-state index contributed by atoms with van der Waals surface area (Å²) in [6.45, 7) is 3.79. The molecule has 1 amide bonds. The van der Waals surface area contributed by atoms with Crippen molar-refractivity contribution in [3.8, 4) is 0 Å². The number of nitrogens with one attached hydrogen (secondary N) is 1. The van der Waals surface area contributed by atoms with Crippen molar-refractivity contribution >= 4 is 5.91 Å². The van der Waals surface area contributed by atoms with Crippen LogP contribution in [0.25, 0.3) is 0 Å². The molecule has 0 spiro atoms. The van der Waals surface area contributed by atoms with E-state index in [-0.39, 0.29) is 12.5 Å². The number of ether oxygens (including phenoxy) is 2. The zero-order valence-electron chi connectivity index (χ0n) is 44.1. The highest BCUT2D eigenvalue weighted by molar-refractivity contribution is 5.76. The molecule has 398 valence electrons. The molecule has 68 heavy (non-hydrogen) atoms. The number of allylic oxidation sites excluding steroid dienone is 7. The first-order valence-electron chi connectivity index (χ1n) is 28.9. The number of hydrogen-bond donors (Lipinski definition) is 6. The first-order chi connectivity index (χ1) is 33.3. The van der Waals surface area contributed by atoms with Gasteiger partial charge in [-0.05, 0) is 57.8 Å². The van der Waals surface area contributed by atoms with Gasteiger partial charge in [-0.15, -0.1) is 0 Å². The molecule has 7 atom stereocenters. The van der Waals surface area contributed by atoms with E-state index in [4.69, 9.17) is 9.47 Å². The van der Waals surface area contributed by atoms with E-state index in [9.17, 15) is 30.3 Å². The van der Waals surface area contributed by atoms with Crippen LogP contribution >= 0.6 is 0 Å². The summed E-state index contributed by atoms with van der Waals surface area (Å²) in [7, 11) is 0. The number of aliphatic hydroxyl groups excluding tert-OH is 5. The molecule has 1 aliphatic rings. The lowest BCUT2D eigenvalue weighted by molar-refractivity contribution is -0.302. The molecule has 1 heterocycles. The van der Waals surface area contributed by atoms with Crippen molar-refractivity contribution in [2.45, 2.75) is 307 Å². The third-order valence-electron chi connectivity index (χ3n) is 13.6. The van der Waals surface area contributed by atoms with Crippen molar-refractivity contribution in [2.24, 2.45) is 0 Å². The summed E-state index contributed by atoms with van der Waals surface area (Å²) in [5.41, 5.74) is 0. The molecule has 0 radical (unpaired) electrons. The van der Waals surface area contributed by atoms with Gasteiger partial charge < -0.3 is 40.3 Å². The SMILES string of the molecule is CCCCCCC/C=C\C/C=C\C/C=C\CCCCCCCCCCCCCCC(=O)NC(COC1OC(CO)C(O)C(O)C1O)C(O)/C=C/CCCCCCCCCCCCCCCCCC. The number of carbonyl (C=O) groups is 1. The van der Waals surface area contributed by atoms with E-state index in [0.29, 0.717) is 6.42 Å². The third kappa shape index (κ3) is 37.9. The topological polar surface area (TPSA) is 149 Å². The molecule has 9 nitrogen and oxygen atoms in total. The summed E-state index contributed by atoms with van der Waals surface area (Å²) in [4.78, 5) is 13.1. The second kappa shape index (κ2) is 48.8. The monoisotopic (exact) mass is 960 g/mol. The van der Waals surface area contributed by atoms with Crippen LogP contribution in [0.4, 0.5) is 0 Å². The molecule has 0 aromatic carbocycles. The maximum Gasteiger partial charge on any atom is 0.220 e. The van der Waals surface area contributed by atoms with Crippen LogP contribution in [-0.2, 0) is 14.3 Å². The predicted octanol–water partition coefficient (Wildman–Crippen LogP) is 14.1. The lowest BCUT2D eigenvalue weighted by Gasteiger charge is -2.40. The first kappa shape index (κ1) is 64.2. The summed E-state index contributed by atoms with van der Waals surface area (Å²) in [5, 5.41) is 54.5. The van der Waals surface area contributed by atoms with Crippen LogP contribution in [0.15, 0.2) is 48.6 Å². The van der Waals surface area contributed by atoms with Crippen molar-refractivity contribution in [1.82, 2.24) is 5.32 Å². The summed E-state index contributed by atoms with van der Waals surface area (Å²) < 4.78 is 11.3. The minimum atomic E-state index is -1.57. The molecule has 0 bridgehead atoms. The molecule has 1 rings (SSSR count). The third-order valence-corrected chi connectivity index (χ3v) is 13.6. The van der Waals surface area contributed by atoms with Gasteiger partial charge in [-0.3, -0.25) is 4.79 Å². The van der Waals surface area contributed by atoms with E-state index in [0.717, 1.165) is 51.4 Å². The van der Waals surface area contributed by atoms with Gasteiger partial charge in [0.25, 0.3) is 0 Å². The van der Waals surface area contributed by atoms with Gasteiger partial charge in [0.15, 0.2) is 6.29 Å². The summed E-state index contributed by atoms with van der Waals surface area (Å²) in [5.74, 6) is -0.178. The second-order valence-electron chi connectivity index (χ2n) is 20.1. The van der Waals surface area contributed by atoms with E-state index in [1.165, 1.54) is 193 Å². The van der Waals surface area contributed by atoms with Crippen molar-refractivity contribution in [1.29, 1.82) is 0 Å². The van der Waals surface area contributed by atoms with Crippen molar-refractivity contribution in [2.75, 3.05) is 13.2 Å². The van der Waals surface area contributed by atoms with E-state index in [1.54, 1.807) is 6.08 Å². The Morgan fingerprint density at radius 3 is 1.28 bits per heavy atom. The minimum absolute atomic E-state index is 0.178. The summed E-state index contributed by atoms with van der Waals surface area (Å²) in [6, 6.07) is -0.807. The van der Waals surface area contributed by atoms with E-state index in [2.05, 4.69) is 55.6 Å². The molecule has 0 saturated carbocycles. The van der Waals surface area contributed by atoms with Crippen LogP contribution in [0, 0.1) is 0 Å². The molecule has 0 aromatic heterocycles. The normalized spacial score (nSPS) is 19.9. The quantitative estimate of drug-likeness (QED) is 0.0261. The molecule has 1 saturated heterocycles. The Hall–Kier alpha value is -1.85. The Morgan fingerprint density at radius 1 is 0.500 bits per heavy atom. The number of hydrogen-bond acceptors (Lipinski definition) is 8. The number of carbonyl (C=O) groups excluding carboxylic acids is 1. The molecule has 6 N–H and O–H groups in total. The van der Waals surface area contributed by atoms with Gasteiger partial charge in [-0.2, -0.15) is 0 Å². The van der Waals surface area contributed by atoms with E-state index >= 15 is 0 Å². The summed E-state index contributed by atoms with van der Waals surface area (Å²) in [6.07, 6.45) is 57.4. The van der Waals surface area contributed by atoms with Crippen molar-refractivity contribution in [3.05, 3.63) is 48.6 Å². The number of amides is 1. The number of rotatable bonds is 49. The number of unbranched alkanes of at least 4 members (excludes halogenated alkanes) is 33. The summed E-state index contributed by atoms with van der Waals surface area (Å²) >= 11 is 0. The van der Waals surface area contributed by atoms with Gasteiger partial charge in [0, 0.05) is 6.42 Å². The molecule has 9 heteroatoms. The highest BCUT2D eigenvalue weighted by atomic mass is 16.7. The Morgan fingerprint density at radius 2 is 0.868 bits per heavy atom. The predicted molar refractivity (Wildman–Crippen MR) is 286 cm³/mol. The lowest BCUT2D eigenvalue weighted by Crippen LogP contribution is -2.60. The fraction of sp³-hybridized carbons (Fsp3) is 0.847. The highest BCUT2D eigenvalue weighted by Gasteiger charge is 2.44. The van der Waals surface area contributed by atoms with Crippen LogP contribution in [0.2, 0.25) is 0 Å². The Bertz CT molecular complexity index is 1210. The molecule has 1 fully saturated rings. The van der Waals surface area contributed by atoms with Gasteiger partial charge in [-0.25, -0.2) is 0 Å². The Labute approximate surface area is 418 Å². The Kier molecular flexibility index (Phi) is 46.0. The fourth-order valence-corrected chi connectivity index (χ4v) is 9.05. The van der Waals surface area contributed by atoms with E-state index < -0.39 is 49.5 Å². The minimum Gasteiger partial charge on any atom is -0.394 e. The van der Waals surface area contributed by atoms with Crippen LogP contribution in [-0.4, -0.2) is 87.5 Å². The zero-order chi connectivity index (χ0) is 49.4. The average Bonchev–Trinajstić information content (AvgIpc) is 3.34. The van der Waals surface area contributed by atoms with Gasteiger partial charge >= 0.3 is 0 Å². The standard InChI is InChI=1S/C59H109NO8/c1-3-5-7-9-11-13-15-17-19-21-23-24-25-26-27-28-29-30-31-33-35-37-39-41-43-45-47-49-55(63)60-52(51-67-59-58(66)57(65)56(64)54(50-61)68-59)53(62)48-46-44-42-40-38-36-34-32-22-20-18-16-14-12-10-8-6-4-2/h15,17,21,23,25-26,46,48,52-54,56-59,61-62,64-66H,3-14,16,18-20,22,24,27-45,47,49-51H2,1-2H3,(H,60,63)/b17-15-,23-21-,26-25-,48-46+. The molecule has 7 unspecified atom stereocenters. The molecular weight excluding hydrogens is 851 g/mol. The van der Waals surface area contributed by atoms with Crippen molar-refractivity contribution < 1.29 is 39.8 Å². The van der Waals surface area contributed by atoms with Crippen molar-refractivity contribution in [3.63, 3.8) is 0 Å². The molecule has 0 aromatic rings. The highest BCUT2D eigenvalue weighted by Crippen LogP contribution is 2.23. The van der Waals surface area contributed by atoms with Crippen LogP contribution in [0.3, 0.4) is 0 Å². The van der Waals surface area contributed by atoms with Crippen LogP contribution < -0.4 is 5.32 Å². The van der Waals surface area contributed by atoms with Crippen LogP contribution in [0.1, 0.15) is 264 Å². The average molecular weight is 961 g/mol.